The second-order valence-corrected chi connectivity index (χ2v) is 3.68. The van der Waals surface area contributed by atoms with Crippen molar-refractivity contribution in [3.63, 3.8) is 0 Å². The molecule has 0 saturated carbocycles. The maximum absolute atomic E-state index is 10.7. The Bertz CT molecular complexity index is 191. The van der Waals surface area contributed by atoms with Gasteiger partial charge in [0.1, 0.15) is 6.29 Å². The van der Waals surface area contributed by atoms with E-state index in [1.54, 1.807) is 0 Å². The van der Waals surface area contributed by atoms with Gasteiger partial charge in [-0.05, 0) is 30.8 Å². The fraction of sp³-hybridized carbons (Fsp3) is 0.615. The molecule has 0 aromatic heterocycles. The number of hydrogen-bond donors (Lipinski definition) is 0. The fourth-order valence-electron chi connectivity index (χ4n) is 1.63. The monoisotopic (exact) mass is 194 g/mol. The van der Waals surface area contributed by atoms with Gasteiger partial charge in [0.25, 0.3) is 0 Å². The Morgan fingerprint density at radius 2 is 2.07 bits per heavy atom. The van der Waals surface area contributed by atoms with Gasteiger partial charge in [-0.15, -0.1) is 6.58 Å². The van der Waals surface area contributed by atoms with Crippen molar-refractivity contribution in [1.29, 1.82) is 0 Å². The summed E-state index contributed by atoms with van der Waals surface area (Å²) in [6.45, 7) is 8.01. The highest BCUT2D eigenvalue weighted by Crippen LogP contribution is 2.16. The number of aldehydes is 1. The molecule has 0 aliphatic heterocycles. The molecule has 0 bridgehead atoms. The van der Waals surface area contributed by atoms with Crippen LogP contribution in [0.3, 0.4) is 0 Å². The molecule has 0 aliphatic carbocycles. The second kappa shape index (κ2) is 8.74. The van der Waals surface area contributed by atoms with Gasteiger partial charge in [0.05, 0.1) is 0 Å². The van der Waals surface area contributed by atoms with Crippen LogP contribution >= 0.6 is 0 Å². The molecule has 0 fully saturated rings. The molecule has 0 spiro atoms. The average Bonchev–Trinajstić information content (AvgIpc) is 2.18. The van der Waals surface area contributed by atoms with Crippen molar-refractivity contribution in [2.45, 2.75) is 46.0 Å². The van der Waals surface area contributed by atoms with E-state index < -0.39 is 0 Å². The molecule has 1 heteroatoms. The lowest BCUT2D eigenvalue weighted by atomic mass is 9.96. The SMILES string of the molecule is C=CCC(/C=C(/C=O)CCC)CCC. The Hall–Kier alpha value is -0.850. The van der Waals surface area contributed by atoms with Crippen LogP contribution in [0, 0.1) is 5.92 Å². The molecule has 0 aromatic rings. The van der Waals surface area contributed by atoms with Crippen molar-refractivity contribution in [1.82, 2.24) is 0 Å². The van der Waals surface area contributed by atoms with E-state index in [2.05, 4.69) is 26.5 Å². The van der Waals surface area contributed by atoms with E-state index in [-0.39, 0.29) is 0 Å². The summed E-state index contributed by atoms with van der Waals surface area (Å²) in [5.74, 6) is 0.504. The smallest absolute Gasteiger partial charge is 0.145 e. The number of rotatable bonds is 8. The van der Waals surface area contributed by atoms with E-state index in [4.69, 9.17) is 0 Å². The van der Waals surface area contributed by atoms with Crippen LogP contribution in [0.4, 0.5) is 0 Å². The van der Waals surface area contributed by atoms with E-state index in [1.807, 2.05) is 6.08 Å². The minimum Gasteiger partial charge on any atom is -0.298 e. The first-order valence-electron chi connectivity index (χ1n) is 5.55. The highest BCUT2D eigenvalue weighted by molar-refractivity contribution is 5.73. The highest BCUT2D eigenvalue weighted by Gasteiger charge is 2.03. The van der Waals surface area contributed by atoms with Gasteiger partial charge in [-0.25, -0.2) is 0 Å². The van der Waals surface area contributed by atoms with Gasteiger partial charge in [-0.2, -0.15) is 0 Å². The van der Waals surface area contributed by atoms with Crippen molar-refractivity contribution in [2.75, 3.05) is 0 Å². The van der Waals surface area contributed by atoms with Crippen LogP contribution in [-0.2, 0) is 4.79 Å². The molecule has 1 unspecified atom stereocenters. The first-order chi connectivity index (χ1) is 6.78. The Morgan fingerprint density at radius 3 is 2.50 bits per heavy atom. The highest BCUT2D eigenvalue weighted by atomic mass is 16.1. The van der Waals surface area contributed by atoms with Gasteiger partial charge < -0.3 is 0 Å². The van der Waals surface area contributed by atoms with Crippen molar-refractivity contribution in [2.24, 2.45) is 5.92 Å². The molecule has 1 nitrogen and oxygen atoms in total. The third kappa shape index (κ3) is 5.74. The number of allylic oxidation sites excluding steroid dienone is 3. The van der Waals surface area contributed by atoms with Crippen LogP contribution in [-0.4, -0.2) is 6.29 Å². The normalized spacial score (nSPS) is 13.7. The fourth-order valence-corrected chi connectivity index (χ4v) is 1.63. The number of carbonyl (C=O) groups excluding carboxylic acids is 1. The predicted octanol–water partition coefficient (Wildman–Crippen LogP) is 3.90. The zero-order valence-electron chi connectivity index (χ0n) is 9.46. The lowest BCUT2D eigenvalue weighted by molar-refractivity contribution is -0.105. The molecule has 0 aliphatic rings. The van der Waals surface area contributed by atoms with E-state index in [9.17, 15) is 4.79 Å². The Labute approximate surface area is 87.9 Å². The van der Waals surface area contributed by atoms with E-state index in [0.717, 1.165) is 44.0 Å². The van der Waals surface area contributed by atoms with Crippen LogP contribution in [0.15, 0.2) is 24.3 Å². The first-order valence-corrected chi connectivity index (χ1v) is 5.55. The topological polar surface area (TPSA) is 17.1 Å². The molecule has 0 heterocycles. The Kier molecular flexibility index (Phi) is 8.20. The molecule has 0 radical (unpaired) electrons. The molecule has 1 atom stereocenters. The molecule has 80 valence electrons. The van der Waals surface area contributed by atoms with Crippen molar-refractivity contribution >= 4 is 6.29 Å². The molecule has 0 N–H and O–H groups in total. The summed E-state index contributed by atoms with van der Waals surface area (Å²) in [6.07, 6.45) is 10.3. The molecule has 0 saturated heterocycles. The third-order valence-electron chi connectivity index (χ3n) is 2.27. The predicted molar refractivity (Wildman–Crippen MR) is 62.3 cm³/mol. The van der Waals surface area contributed by atoms with Crippen molar-refractivity contribution < 1.29 is 4.79 Å². The largest absolute Gasteiger partial charge is 0.298 e. The second-order valence-electron chi connectivity index (χ2n) is 3.68. The quantitative estimate of drug-likeness (QED) is 0.325. The molecule has 14 heavy (non-hydrogen) atoms. The lowest BCUT2D eigenvalue weighted by Gasteiger charge is -2.09. The Balaban J connectivity index is 4.31. The molecule has 0 amide bonds. The summed E-state index contributed by atoms with van der Waals surface area (Å²) in [5, 5.41) is 0. The van der Waals surface area contributed by atoms with Crippen LogP contribution in [0.25, 0.3) is 0 Å². The van der Waals surface area contributed by atoms with E-state index >= 15 is 0 Å². The maximum atomic E-state index is 10.7. The summed E-state index contributed by atoms with van der Waals surface area (Å²) < 4.78 is 0. The molecular weight excluding hydrogens is 172 g/mol. The zero-order chi connectivity index (χ0) is 10.8. The summed E-state index contributed by atoms with van der Waals surface area (Å²) in [7, 11) is 0. The average molecular weight is 194 g/mol. The minimum absolute atomic E-state index is 0.504. The van der Waals surface area contributed by atoms with Gasteiger partial charge >= 0.3 is 0 Å². The van der Waals surface area contributed by atoms with Crippen LogP contribution in [0.5, 0.6) is 0 Å². The summed E-state index contributed by atoms with van der Waals surface area (Å²) in [4.78, 5) is 10.7. The summed E-state index contributed by atoms with van der Waals surface area (Å²) in [6, 6.07) is 0. The first kappa shape index (κ1) is 13.2. The lowest BCUT2D eigenvalue weighted by Crippen LogP contribution is -1.97. The van der Waals surface area contributed by atoms with E-state index in [0.29, 0.717) is 5.92 Å². The van der Waals surface area contributed by atoms with Crippen LogP contribution in [0.1, 0.15) is 46.0 Å². The van der Waals surface area contributed by atoms with Crippen molar-refractivity contribution in [3.8, 4) is 0 Å². The van der Waals surface area contributed by atoms with Gasteiger partial charge in [-0.1, -0.05) is 38.8 Å². The van der Waals surface area contributed by atoms with E-state index in [1.165, 1.54) is 0 Å². The molecule has 0 aromatic carbocycles. The maximum Gasteiger partial charge on any atom is 0.145 e. The van der Waals surface area contributed by atoms with Gasteiger partial charge in [-0.3, -0.25) is 4.79 Å². The van der Waals surface area contributed by atoms with Crippen LogP contribution in [0.2, 0.25) is 0 Å². The van der Waals surface area contributed by atoms with Gasteiger partial charge in [0, 0.05) is 0 Å². The molecule has 0 rings (SSSR count). The molecular formula is C13H22O. The minimum atomic E-state index is 0.504. The van der Waals surface area contributed by atoms with Crippen LogP contribution < -0.4 is 0 Å². The summed E-state index contributed by atoms with van der Waals surface area (Å²) >= 11 is 0. The third-order valence-corrected chi connectivity index (χ3v) is 2.27. The van der Waals surface area contributed by atoms with Gasteiger partial charge in [0.2, 0.25) is 0 Å². The zero-order valence-corrected chi connectivity index (χ0v) is 9.46. The van der Waals surface area contributed by atoms with Gasteiger partial charge in [0.15, 0.2) is 0 Å². The van der Waals surface area contributed by atoms with Crippen molar-refractivity contribution in [3.05, 3.63) is 24.3 Å². The Morgan fingerprint density at radius 1 is 1.36 bits per heavy atom. The standard InChI is InChI=1S/C13H22O/c1-4-7-12(8-5-2)10-13(11-14)9-6-3/h4,10-12H,1,5-9H2,2-3H3/b13-10+. The number of hydrogen-bond acceptors (Lipinski definition) is 1. The number of carbonyl (C=O) groups is 1. The summed E-state index contributed by atoms with van der Waals surface area (Å²) in [5.41, 5.74) is 0.952.